The number of hydrogen-bond donors (Lipinski definition) is 0. The molecule has 1 aromatic heterocycles. The molecule has 0 radical (unpaired) electrons. The average molecular weight is 274 g/mol. The van der Waals surface area contributed by atoms with E-state index in [1.165, 1.54) is 31.4 Å². The van der Waals surface area contributed by atoms with E-state index in [9.17, 15) is 0 Å². The van der Waals surface area contributed by atoms with Crippen molar-refractivity contribution in [3.05, 3.63) is 24.4 Å². The highest BCUT2D eigenvalue weighted by atomic mass is 16.5. The Labute approximate surface area is 119 Å². The molecule has 4 nitrogen and oxygen atoms in total. The Morgan fingerprint density at radius 3 is 2.55 bits per heavy atom. The van der Waals surface area contributed by atoms with E-state index in [4.69, 9.17) is 9.47 Å². The lowest BCUT2D eigenvalue weighted by molar-refractivity contribution is 0.324. The molecule has 0 saturated carbocycles. The number of hydrogen-bond acceptors (Lipinski definition) is 3. The lowest BCUT2D eigenvalue weighted by atomic mass is 10.2. The zero-order valence-electron chi connectivity index (χ0n) is 12.3. The van der Waals surface area contributed by atoms with Crippen molar-refractivity contribution >= 4 is 10.9 Å². The van der Waals surface area contributed by atoms with Crippen molar-refractivity contribution in [1.29, 1.82) is 0 Å². The summed E-state index contributed by atoms with van der Waals surface area (Å²) < 4.78 is 13.1. The highest BCUT2D eigenvalue weighted by Gasteiger charge is 2.13. The van der Waals surface area contributed by atoms with Crippen molar-refractivity contribution in [3.8, 4) is 11.5 Å². The summed E-state index contributed by atoms with van der Waals surface area (Å²) in [5, 5.41) is 1.15. The zero-order chi connectivity index (χ0) is 13.9. The van der Waals surface area contributed by atoms with Crippen LogP contribution in [0.3, 0.4) is 0 Å². The molecule has 2 aromatic rings. The van der Waals surface area contributed by atoms with E-state index in [0.717, 1.165) is 30.0 Å². The molecule has 0 atom stereocenters. The molecule has 3 rings (SSSR count). The van der Waals surface area contributed by atoms with Gasteiger partial charge in [-0.3, -0.25) is 0 Å². The van der Waals surface area contributed by atoms with Crippen LogP contribution in [0.5, 0.6) is 11.5 Å². The second-order valence-corrected chi connectivity index (χ2v) is 5.32. The summed E-state index contributed by atoms with van der Waals surface area (Å²) in [7, 11) is 3.40. The molecule has 0 spiro atoms. The number of nitrogens with zero attached hydrogens (tertiary/aromatic N) is 2. The van der Waals surface area contributed by atoms with E-state index >= 15 is 0 Å². The van der Waals surface area contributed by atoms with Gasteiger partial charge in [0, 0.05) is 36.8 Å². The van der Waals surface area contributed by atoms with Crippen LogP contribution in [0.25, 0.3) is 10.9 Å². The largest absolute Gasteiger partial charge is 0.497 e. The fourth-order valence-electron chi connectivity index (χ4n) is 2.97. The van der Waals surface area contributed by atoms with Crippen molar-refractivity contribution in [3.63, 3.8) is 0 Å². The Bertz CT molecular complexity index is 585. The van der Waals surface area contributed by atoms with Gasteiger partial charge in [0.1, 0.15) is 11.5 Å². The summed E-state index contributed by atoms with van der Waals surface area (Å²) in [6, 6.07) is 6.15. The van der Waals surface area contributed by atoms with Gasteiger partial charge >= 0.3 is 0 Å². The maximum absolute atomic E-state index is 5.46. The van der Waals surface area contributed by atoms with Crippen molar-refractivity contribution in [2.75, 3.05) is 33.9 Å². The molecule has 1 aliphatic rings. The Kier molecular flexibility index (Phi) is 3.83. The smallest absolute Gasteiger partial charge is 0.131 e. The predicted octanol–water partition coefficient (Wildman–Crippen LogP) is 2.75. The lowest BCUT2D eigenvalue weighted by Gasteiger charge is -2.15. The first-order chi connectivity index (χ1) is 9.81. The van der Waals surface area contributed by atoms with Gasteiger partial charge in [-0.15, -0.1) is 0 Å². The number of methoxy groups -OCH3 is 2. The van der Waals surface area contributed by atoms with E-state index in [0.29, 0.717) is 0 Å². The van der Waals surface area contributed by atoms with Crippen LogP contribution in [0.2, 0.25) is 0 Å². The van der Waals surface area contributed by atoms with Gasteiger partial charge in [0.2, 0.25) is 0 Å². The molecular weight excluding hydrogens is 252 g/mol. The summed E-state index contributed by atoms with van der Waals surface area (Å²) in [5.41, 5.74) is 1.18. The number of likely N-dealkylation sites (tertiary alicyclic amines) is 1. The van der Waals surface area contributed by atoms with Crippen LogP contribution in [0.4, 0.5) is 0 Å². The van der Waals surface area contributed by atoms with Gasteiger partial charge in [0.05, 0.1) is 19.7 Å². The Morgan fingerprint density at radius 1 is 1.05 bits per heavy atom. The first kappa shape index (κ1) is 13.3. The summed E-state index contributed by atoms with van der Waals surface area (Å²) in [4.78, 5) is 2.53. The predicted molar refractivity (Wildman–Crippen MR) is 80.7 cm³/mol. The highest BCUT2D eigenvalue weighted by molar-refractivity contribution is 5.88. The second kappa shape index (κ2) is 5.75. The van der Waals surface area contributed by atoms with Crippen LogP contribution in [0.1, 0.15) is 12.8 Å². The quantitative estimate of drug-likeness (QED) is 0.838. The van der Waals surface area contributed by atoms with E-state index in [-0.39, 0.29) is 0 Å². The van der Waals surface area contributed by atoms with E-state index in [2.05, 4.69) is 27.8 Å². The third-order valence-corrected chi connectivity index (χ3v) is 4.14. The molecule has 0 aliphatic carbocycles. The van der Waals surface area contributed by atoms with Crippen molar-refractivity contribution < 1.29 is 9.47 Å². The van der Waals surface area contributed by atoms with Crippen LogP contribution in [-0.2, 0) is 6.54 Å². The Morgan fingerprint density at radius 2 is 1.85 bits per heavy atom. The molecule has 0 amide bonds. The minimum atomic E-state index is 0.843. The van der Waals surface area contributed by atoms with Crippen molar-refractivity contribution in [2.45, 2.75) is 19.4 Å². The third-order valence-electron chi connectivity index (χ3n) is 4.14. The van der Waals surface area contributed by atoms with E-state index in [1.807, 2.05) is 6.07 Å². The lowest BCUT2D eigenvalue weighted by Crippen LogP contribution is -2.23. The molecule has 1 aliphatic heterocycles. The van der Waals surface area contributed by atoms with Crippen LogP contribution in [-0.4, -0.2) is 43.3 Å². The van der Waals surface area contributed by atoms with E-state index in [1.54, 1.807) is 14.2 Å². The molecule has 1 aromatic carbocycles. The minimum Gasteiger partial charge on any atom is -0.497 e. The number of fused-ring (bicyclic) bond motifs is 1. The molecule has 0 N–H and O–H groups in total. The van der Waals surface area contributed by atoms with Crippen LogP contribution < -0.4 is 9.47 Å². The maximum Gasteiger partial charge on any atom is 0.131 e. The Hall–Kier alpha value is -1.68. The topological polar surface area (TPSA) is 26.6 Å². The summed E-state index contributed by atoms with van der Waals surface area (Å²) in [6.45, 7) is 4.61. The first-order valence-corrected chi connectivity index (χ1v) is 7.25. The normalized spacial score (nSPS) is 15.9. The second-order valence-electron chi connectivity index (χ2n) is 5.32. The number of aromatic nitrogens is 1. The SMILES string of the molecule is COc1cc(OC)c2ccn(CCN3CCCC3)c2c1. The van der Waals surface area contributed by atoms with Gasteiger partial charge in [-0.25, -0.2) is 0 Å². The molecule has 20 heavy (non-hydrogen) atoms. The average Bonchev–Trinajstić information content (AvgIpc) is 3.13. The van der Waals surface area contributed by atoms with Gasteiger partial charge in [0.25, 0.3) is 0 Å². The van der Waals surface area contributed by atoms with Crippen molar-refractivity contribution in [1.82, 2.24) is 9.47 Å². The summed E-state index contributed by atoms with van der Waals surface area (Å²) in [6.07, 6.45) is 4.82. The van der Waals surface area contributed by atoms with Gasteiger partial charge in [-0.1, -0.05) is 0 Å². The van der Waals surface area contributed by atoms with Crippen LogP contribution in [0, 0.1) is 0 Å². The molecule has 0 bridgehead atoms. The van der Waals surface area contributed by atoms with Crippen LogP contribution >= 0.6 is 0 Å². The first-order valence-electron chi connectivity index (χ1n) is 7.25. The molecule has 1 saturated heterocycles. The van der Waals surface area contributed by atoms with Gasteiger partial charge in [-0.2, -0.15) is 0 Å². The van der Waals surface area contributed by atoms with Gasteiger partial charge in [-0.05, 0) is 32.0 Å². The van der Waals surface area contributed by atoms with E-state index < -0.39 is 0 Å². The molecule has 1 fully saturated rings. The fourth-order valence-corrected chi connectivity index (χ4v) is 2.97. The number of ether oxygens (including phenoxy) is 2. The standard InChI is InChI=1S/C16H22N2O2/c1-19-13-11-15-14(16(12-13)20-2)5-8-18(15)10-9-17-6-3-4-7-17/h5,8,11-12H,3-4,6-7,9-10H2,1-2H3. The van der Waals surface area contributed by atoms with Crippen molar-refractivity contribution in [2.24, 2.45) is 0 Å². The minimum absolute atomic E-state index is 0.843. The number of rotatable bonds is 5. The molecular formula is C16H22N2O2. The van der Waals surface area contributed by atoms with Gasteiger partial charge in [0.15, 0.2) is 0 Å². The molecule has 2 heterocycles. The monoisotopic (exact) mass is 274 g/mol. The summed E-state index contributed by atoms with van der Waals surface area (Å²) >= 11 is 0. The Balaban J connectivity index is 1.86. The maximum atomic E-state index is 5.46. The highest BCUT2D eigenvalue weighted by Crippen LogP contribution is 2.31. The molecule has 108 valence electrons. The molecule has 4 heteroatoms. The zero-order valence-corrected chi connectivity index (χ0v) is 12.3. The van der Waals surface area contributed by atoms with Crippen LogP contribution in [0.15, 0.2) is 24.4 Å². The molecule has 0 unspecified atom stereocenters. The summed E-state index contributed by atoms with van der Waals surface area (Å²) in [5.74, 6) is 1.72. The van der Waals surface area contributed by atoms with Gasteiger partial charge < -0.3 is 18.9 Å². The fraction of sp³-hybridized carbons (Fsp3) is 0.500. The number of benzene rings is 1. The third kappa shape index (κ3) is 2.48.